The normalized spacial score (nSPS) is 8.36. The minimum absolute atomic E-state index is 0. The summed E-state index contributed by atoms with van der Waals surface area (Å²) >= 11 is 0. The van der Waals surface area contributed by atoms with E-state index in [1.807, 2.05) is 6.92 Å². The number of hydrogen-bond acceptors (Lipinski definition) is 4. The van der Waals surface area contributed by atoms with Gasteiger partial charge in [-0.15, -0.1) is 6.10 Å². The van der Waals surface area contributed by atoms with Gasteiger partial charge in [0.15, 0.2) is 0 Å². The van der Waals surface area contributed by atoms with Crippen molar-refractivity contribution in [2.75, 3.05) is 0 Å². The molecule has 0 heterocycles. The van der Waals surface area contributed by atoms with Crippen LogP contribution < -0.4 is 10.2 Å². The van der Waals surface area contributed by atoms with E-state index in [0.717, 1.165) is 0 Å². The average molecular weight is 236 g/mol. The van der Waals surface area contributed by atoms with Crippen LogP contribution in [0.5, 0.6) is 0 Å². The summed E-state index contributed by atoms with van der Waals surface area (Å²) < 4.78 is 0. The van der Waals surface area contributed by atoms with Crippen LogP contribution in [0, 0.1) is 0 Å². The molecule has 0 aromatic heterocycles. The van der Waals surface area contributed by atoms with Crippen LogP contribution in [0.2, 0.25) is 0 Å². The predicted molar refractivity (Wildman–Crippen MR) is 44.7 cm³/mol. The van der Waals surface area contributed by atoms with Crippen molar-refractivity contribution >= 4 is 11.8 Å². The SMILES string of the molecule is CC(C)[O-].CCCC(=O)CC(=O)[O-].[Ti+2]. The number of carbonyl (C=O) groups excluding carboxylic acids is 2. The summed E-state index contributed by atoms with van der Waals surface area (Å²) in [5.74, 6) is -1.54. The van der Waals surface area contributed by atoms with Crippen LogP contribution >= 0.6 is 0 Å². The van der Waals surface area contributed by atoms with E-state index in [2.05, 4.69) is 0 Å². The molecule has 0 N–H and O–H groups in total. The summed E-state index contributed by atoms with van der Waals surface area (Å²) in [5.41, 5.74) is 0. The smallest absolute Gasteiger partial charge is 0.852 e. The Labute approximate surface area is 99.6 Å². The molecular formula is C9H16O4Ti. The Morgan fingerprint density at radius 2 is 1.64 bits per heavy atom. The fraction of sp³-hybridized carbons (Fsp3) is 0.778. The minimum atomic E-state index is -1.28. The first-order chi connectivity index (χ1) is 5.90. The molecule has 0 aromatic carbocycles. The second-order valence-corrected chi connectivity index (χ2v) is 2.89. The van der Waals surface area contributed by atoms with Crippen molar-refractivity contribution in [3.8, 4) is 0 Å². The van der Waals surface area contributed by atoms with Gasteiger partial charge in [-0.3, -0.25) is 4.79 Å². The molecule has 0 spiro atoms. The fourth-order valence-electron chi connectivity index (χ4n) is 0.528. The third-order valence-corrected chi connectivity index (χ3v) is 0.870. The van der Waals surface area contributed by atoms with Crippen LogP contribution in [0.4, 0.5) is 0 Å². The van der Waals surface area contributed by atoms with Crippen molar-refractivity contribution in [1.29, 1.82) is 0 Å². The van der Waals surface area contributed by atoms with Gasteiger partial charge in [0.25, 0.3) is 0 Å². The van der Waals surface area contributed by atoms with Crippen LogP contribution in [0.3, 0.4) is 0 Å². The van der Waals surface area contributed by atoms with Crippen molar-refractivity contribution in [2.45, 2.75) is 46.1 Å². The van der Waals surface area contributed by atoms with Gasteiger partial charge in [0.1, 0.15) is 5.78 Å². The number of carbonyl (C=O) groups is 2. The van der Waals surface area contributed by atoms with Crippen LogP contribution in [0.15, 0.2) is 0 Å². The van der Waals surface area contributed by atoms with Crippen LogP contribution in [0.1, 0.15) is 40.0 Å². The van der Waals surface area contributed by atoms with Crippen molar-refractivity contribution in [2.24, 2.45) is 0 Å². The first-order valence-electron chi connectivity index (χ1n) is 4.27. The zero-order chi connectivity index (χ0) is 10.9. The molecule has 0 rings (SSSR count). The maximum Gasteiger partial charge on any atom is 2.00 e. The molecule has 0 aromatic rings. The van der Waals surface area contributed by atoms with Gasteiger partial charge in [-0.1, -0.05) is 20.8 Å². The Hall–Kier alpha value is -0.186. The fourth-order valence-corrected chi connectivity index (χ4v) is 0.528. The molecule has 5 heteroatoms. The average Bonchev–Trinajstić information content (AvgIpc) is 1.83. The van der Waals surface area contributed by atoms with E-state index in [4.69, 9.17) is 0 Å². The first-order valence-corrected chi connectivity index (χ1v) is 4.27. The standard InChI is InChI=1S/C6H10O3.C3H7O.Ti/c1-2-3-5(7)4-6(8)9;1-3(2)4;/h2-4H2,1H3,(H,8,9);3H,1-2H3;/q;-1;+2/p-1. The summed E-state index contributed by atoms with van der Waals surface area (Å²) in [6.45, 7) is 5.05. The van der Waals surface area contributed by atoms with Gasteiger partial charge in [0.2, 0.25) is 0 Å². The van der Waals surface area contributed by atoms with Gasteiger partial charge in [0, 0.05) is 18.8 Å². The maximum absolute atomic E-state index is 10.4. The third kappa shape index (κ3) is 29.8. The first kappa shape index (κ1) is 19.4. The topological polar surface area (TPSA) is 80.3 Å². The monoisotopic (exact) mass is 236 g/mol. The van der Waals surface area contributed by atoms with E-state index in [1.165, 1.54) is 0 Å². The molecule has 0 aliphatic carbocycles. The van der Waals surface area contributed by atoms with Gasteiger partial charge in [-0.25, -0.2) is 0 Å². The Kier molecular flexibility index (Phi) is 17.8. The van der Waals surface area contributed by atoms with Crippen molar-refractivity contribution in [3.05, 3.63) is 0 Å². The Balaban J connectivity index is -0.000000209. The molecule has 0 bridgehead atoms. The van der Waals surface area contributed by atoms with E-state index in [9.17, 15) is 19.8 Å². The number of Topliss-reactive ketones (excluding diaryl/α,β-unsaturated/α-hetero) is 1. The molecule has 4 nitrogen and oxygen atoms in total. The Morgan fingerprint density at radius 3 is 1.86 bits per heavy atom. The molecule has 80 valence electrons. The quantitative estimate of drug-likeness (QED) is 0.475. The summed E-state index contributed by atoms with van der Waals surface area (Å²) in [7, 11) is 0. The van der Waals surface area contributed by atoms with Gasteiger partial charge < -0.3 is 15.0 Å². The zero-order valence-corrected chi connectivity index (χ0v) is 10.4. The minimum Gasteiger partial charge on any atom is -0.852 e. The summed E-state index contributed by atoms with van der Waals surface area (Å²) in [6.07, 6.45) is 0.188. The summed E-state index contributed by atoms with van der Waals surface area (Å²) in [6, 6.07) is 0. The second kappa shape index (κ2) is 12.8. The zero-order valence-electron chi connectivity index (χ0n) is 8.83. The Morgan fingerprint density at radius 1 is 1.29 bits per heavy atom. The predicted octanol–water partition coefficient (Wildman–Crippen LogP) is -0.752. The van der Waals surface area contributed by atoms with E-state index < -0.39 is 18.5 Å². The molecule has 14 heavy (non-hydrogen) atoms. The van der Waals surface area contributed by atoms with Crippen LogP contribution in [-0.4, -0.2) is 17.9 Å². The molecule has 0 atom stereocenters. The largest absolute Gasteiger partial charge is 2.00 e. The van der Waals surface area contributed by atoms with Gasteiger partial charge in [-0.2, -0.15) is 0 Å². The molecule has 0 aliphatic heterocycles. The number of hydrogen-bond donors (Lipinski definition) is 0. The van der Waals surface area contributed by atoms with Crippen molar-refractivity contribution < 1.29 is 41.5 Å². The molecule has 0 saturated carbocycles. The van der Waals surface area contributed by atoms with E-state index >= 15 is 0 Å². The molecular weight excluding hydrogens is 220 g/mol. The Bertz CT molecular complexity index is 154. The van der Waals surface area contributed by atoms with Gasteiger partial charge >= 0.3 is 21.7 Å². The van der Waals surface area contributed by atoms with Crippen molar-refractivity contribution in [3.63, 3.8) is 0 Å². The van der Waals surface area contributed by atoms with E-state index in [1.54, 1.807) is 13.8 Å². The summed E-state index contributed by atoms with van der Waals surface area (Å²) in [4.78, 5) is 20.2. The number of carboxylic acid groups (broad SMARTS) is 1. The molecule has 0 radical (unpaired) electrons. The number of ketones is 1. The molecule has 0 fully saturated rings. The van der Waals surface area contributed by atoms with Gasteiger partial charge in [-0.05, 0) is 6.42 Å². The molecule has 0 aliphatic rings. The maximum atomic E-state index is 10.4. The number of rotatable bonds is 4. The van der Waals surface area contributed by atoms with E-state index in [0.29, 0.717) is 12.8 Å². The summed E-state index contributed by atoms with van der Waals surface area (Å²) in [5, 5.41) is 19.3. The number of carboxylic acids is 1. The molecule has 0 amide bonds. The second-order valence-electron chi connectivity index (χ2n) is 2.89. The van der Waals surface area contributed by atoms with Gasteiger partial charge in [0.05, 0.1) is 0 Å². The number of aliphatic carboxylic acids is 1. The molecule has 0 unspecified atom stereocenters. The van der Waals surface area contributed by atoms with Crippen molar-refractivity contribution in [1.82, 2.24) is 0 Å². The van der Waals surface area contributed by atoms with Crippen LogP contribution in [0.25, 0.3) is 0 Å². The third-order valence-electron chi connectivity index (χ3n) is 0.870. The van der Waals surface area contributed by atoms with E-state index in [-0.39, 0.29) is 27.5 Å². The van der Waals surface area contributed by atoms with Crippen LogP contribution in [-0.2, 0) is 31.3 Å². The molecule has 0 saturated heterocycles.